The Morgan fingerprint density at radius 2 is 1.79 bits per heavy atom. The minimum Gasteiger partial charge on any atom is -0.497 e. The minimum absolute atomic E-state index is 0.0308. The summed E-state index contributed by atoms with van der Waals surface area (Å²) >= 11 is 0. The number of rotatable bonds is 5. The number of H-pyrrole nitrogens is 1. The number of nitrogens with one attached hydrogen (secondary N) is 2. The average Bonchev–Trinajstić information content (AvgIpc) is 2.57. The molecule has 0 aliphatic heterocycles. The smallest absolute Gasteiger partial charge is 0.252 e. The van der Waals surface area contributed by atoms with Gasteiger partial charge < -0.3 is 15.0 Å². The fraction of sp³-hybridized carbons (Fsp3) is 0.250. The number of aromatic amines is 1. The molecule has 24 heavy (non-hydrogen) atoms. The van der Waals surface area contributed by atoms with Crippen molar-refractivity contribution in [1.29, 1.82) is 0 Å². The molecule has 0 amide bonds. The highest BCUT2D eigenvalue weighted by Gasteiger charge is 2.05. The lowest BCUT2D eigenvalue weighted by Crippen LogP contribution is -2.21. The number of fused-ring (bicyclic) bond motifs is 1. The molecule has 4 heteroatoms. The summed E-state index contributed by atoms with van der Waals surface area (Å²) < 4.78 is 5.15. The van der Waals surface area contributed by atoms with Gasteiger partial charge in [-0.2, -0.15) is 0 Å². The summed E-state index contributed by atoms with van der Waals surface area (Å²) in [4.78, 5) is 15.3. The van der Waals surface area contributed by atoms with E-state index in [-0.39, 0.29) is 5.56 Å². The van der Waals surface area contributed by atoms with E-state index in [9.17, 15) is 4.79 Å². The van der Waals surface area contributed by atoms with E-state index in [4.69, 9.17) is 4.74 Å². The van der Waals surface area contributed by atoms with Gasteiger partial charge in [0.25, 0.3) is 5.56 Å². The number of pyridine rings is 1. The Bertz CT molecular complexity index is 911. The van der Waals surface area contributed by atoms with Crippen LogP contribution in [0, 0.1) is 13.8 Å². The summed E-state index contributed by atoms with van der Waals surface area (Å²) in [5.41, 5.74) is 5.09. The van der Waals surface area contributed by atoms with Crippen LogP contribution >= 0.6 is 0 Å². The van der Waals surface area contributed by atoms with Gasteiger partial charge >= 0.3 is 0 Å². The van der Waals surface area contributed by atoms with Crippen LogP contribution in [0.3, 0.4) is 0 Å². The van der Waals surface area contributed by atoms with Gasteiger partial charge in [0, 0.05) is 18.7 Å². The van der Waals surface area contributed by atoms with Gasteiger partial charge in [0.1, 0.15) is 5.75 Å². The number of hydrogen-bond acceptors (Lipinski definition) is 3. The van der Waals surface area contributed by atoms with Crippen molar-refractivity contribution in [2.45, 2.75) is 26.9 Å². The van der Waals surface area contributed by atoms with E-state index in [1.54, 1.807) is 7.11 Å². The third kappa shape index (κ3) is 3.49. The van der Waals surface area contributed by atoms with Crippen LogP contribution in [0.15, 0.2) is 47.3 Å². The second-order valence-corrected chi connectivity index (χ2v) is 6.12. The first-order chi connectivity index (χ1) is 11.6. The van der Waals surface area contributed by atoms with E-state index in [2.05, 4.69) is 29.4 Å². The monoisotopic (exact) mass is 322 g/mol. The van der Waals surface area contributed by atoms with Gasteiger partial charge in [-0.25, -0.2) is 0 Å². The predicted molar refractivity (Wildman–Crippen MR) is 97.6 cm³/mol. The van der Waals surface area contributed by atoms with Crippen LogP contribution in [0.2, 0.25) is 0 Å². The molecule has 1 heterocycles. The first-order valence-corrected chi connectivity index (χ1v) is 8.03. The standard InChI is InChI=1S/C20H22N2O2/c1-13-8-14(2)19-16(9-13)10-17(20(23)22-19)12-21-11-15-4-6-18(24-3)7-5-15/h4-10,21H,11-12H2,1-3H3,(H,22,23). The maximum atomic E-state index is 12.3. The molecule has 0 radical (unpaired) electrons. The van der Waals surface area contributed by atoms with Gasteiger partial charge in [0.15, 0.2) is 0 Å². The van der Waals surface area contributed by atoms with E-state index in [0.29, 0.717) is 13.1 Å². The van der Waals surface area contributed by atoms with Crippen molar-refractivity contribution in [3.8, 4) is 5.75 Å². The molecule has 2 N–H and O–H groups in total. The van der Waals surface area contributed by atoms with E-state index >= 15 is 0 Å². The molecule has 0 atom stereocenters. The lowest BCUT2D eigenvalue weighted by molar-refractivity contribution is 0.414. The van der Waals surface area contributed by atoms with Crippen molar-refractivity contribution in [3.05, 3.63) is 75.1 Å². The van der Waals surface area contributed by atoms with Crippen LogP contribution in [0.25, 0.3) is 10.9 Å². The topological polar surface area (TPSA) is 54.1 Å². The Morgan fingerprint density at radius 1 is 1.04 bits per heavy atom. The summed E-state index contributed by atoms with van der Waals surface area (Å²) in [5, 5.41) is 4.41. The highest BCUT2D eigenvalue weighted by molar-refractivity contribution is 5.82. The maximum absolute atomic E-state index is 12.3. The molecule has 0 unspecified atom stereocenters. The molecule has 0 spiro atoms. The highest BCUT2D eigenvalue weighted by atomic mass is 16.5. The summed E-state index contributed by atoms with van der Waals surface area (Å²) in [6.45, 7) is 5.32. The first kappa shape index (κ1) is 16.3. The van der Waals surface area contributed by atoms with Crippen molar-refractivity contribution in [2.24, 2.45) is 0 Å². The number of hydrogen-bond donors (Lipinski definition) is 2. The summed E-state index contributed by atoms with van der Waals surface area (Å²) in [6, 6.07) is 14.1. The van der Waals surface area contributed by atoms with Gasteiger partial charge in [-0.3, -0.25) is 4.79 Å². The van der Waals surface area contributed by atoms with Gasteiger partial charge in [0.2, 0.25) is 0 Å². The Balaban J connectivity index is 1.74. The molecular weight excluding hydrogens is 300 g/mol. The zero-order chi connectivity index (χ0) is 17.1. The van der Waals surface area contributed by atoms with Crippen LogP contribution in [-0.4, -0.2) is 12.1 Å². The van der Waals surface area contributed by atoms with Crippen LogP contribution < -0.4 is 15.6 Å². The fourth-order valence-electron chi connectivity index (χ4n) is 2.95. The van der Waals surface area contributed by atoms with E-state index in [0.717, 1.165) is 33.3 Å². The van der Waals surface area contributed by atoms with Crippen molar-refractivity contribution < 1.29 is 4.74 Å². The SMILES string of the molecule is COc1ccc(CNCc2cc3cc(C)cc(C)c3[nH]c2=O)cc1. The van der Waals surface area contributed by atoms with Crippen LogP contribution in [0.5, 0.6) is 5.75 Å². The van der Waals surface area contributed by atoms with Gasteiger partial charge in [0.05, 0.1) is 12.6 Å². The molecule has 124 valence electrons. The van der Waals surface area contributed by atoms with Crippen LogP contribution in [0.4, 0.5) is 0 Å². The fourth-order valence-corrected chi connectivity index (χ4v) is 2.95. The molecule has 1 aromatic heterocycles. The van der Waals surface area contributed by atoms with Crippen molar-refractivity contribution >= 4 is 10.9 Å². The Kier molecular flexibility index (Phi) is 4.67. The van der Waals surface area contributed by atoms with Gasteiger partial charge in [-0.15, -0.1) is 0 Å². The summed E-state index contributed by atoms with van der Waals surface area (Å²) in [6.07, 6.45) is 0. The Hall–Kier alpha value is -2.59. The second kappa shape index (κ2) is 6.89. The highest BCUT2D eigenvalue weighted by Crippen LogP contribution is 2.18. The quantitative estimate of drug-likeness (QED) is 0.756. The van der Waals surface area contributed by atoms with Gasteiger partial charge in [-0.1, -0.05) is 23.8 Å². The lowest BCUT2D eigenvalue weighted by atomic mass is 10.1. The number of aryl methyl sites for hydroxylation is 2. The molecular formula is C20H22N2O2. The normalized spacial score (nSPS) is 11.0. The molecule has 0 fully saturated rings. The molecule has 2 aromatic carbocycles. The van der Waals surface area contributed by atoms with Gasteiger partial charge in [-0.05, 0) is 54.6 Å². The number of ether oxygens (including phenoxy) is 1. The second-order valence-electron chi connectivity index (χ2n) is 6.12. The Labute approximate surface area is 141 Å². The van der Waals surface area contributed by atoms with Crippen LogP contribution in [0.1, 0.15) is 22.3 Å². The average molecular weight is 322 g/mol. The number of benzene rings is 2. The number of methoxy groups -OCH3 is 1. The molecule has 0 saturated carbocycles. The lowest BCUT2D eigenvalue weighted by Gasteiger charge is -2.09. The minimum atomic E-state index is -0.0308. The number of aromatic nitrogens is 1. The molecule has 3 rings (SSSR count). The summed E-state index contributed by atoms with van der Waals surface area (Å²) in [5.74, 6) is 0.843. The molecule has 0 bridgehead atoms. The molecule has 4 nitrogen and oxygen atoms in total. The van der Waals surface area contributed by atoms with E-state index in [1.165, 1.54) is 5.56 Å². The van der Waals surface area contributed by atoms with Crippen molar-refractivity contribution in [2.75, 3.05) is 7.11 Å². The zero-order valence-electron chi connectivity index (χ0n) is 14.3. The van der Waals surface area contributed by atoms with E-state index in [1.807, 2.05) is 37.3 Å². The van der Waals surface area contributed by atoms with Crippen molar-refractivity contribution in [1.82, 2.24) is 10.3 Å². The molecule has 3 aromatic rings. The van der Waals surface area contributed by atoms with E-state index < -0.39 is 0 Å². The predicted octanol–water partition coefficient (Wildman–Crippen LogP) is 3.44. The molecule has 0 aliphatic rings. The zero-order valence-corrected chi connectivity index (χ0v) is 14.3. The largest absolute Gasteiger partial charge is 0.497 e. The summed E-state index contributed by atoms with van der Waals surface area (Å²) in [7, 11) is 1.66. The third-order valence-electron chi connectivity index (χ3n) is 4.17. The molecule has 0 saturated heterocycles. The van der Waals surface area contributed by atoms with Crippen LogP contribution in [-0.2, 0) is 13.1 Å². The van der Waals surface area contributed by atoms with Crippen molar-refractivity contribution in [3.63, 3.8) is 0 Å². The first-order valence-electron chi connectivity index (χ1n) is 8.03. The maximum Gasteiger partial charge on any atom is 0.252 e. The third-order valence-corrected chi connectivity index (χ3v) is 4.17. The Morgan fingerprint density at radius 3 is 2.50 bits per heavy atom. The molecule has 0 aliphatic carbocycles.